The normalized spacial score (nSPS) is 19.5. The molecule has 0 bridgehead atoms. The molecule has 6 heteroatoms. The van der Waals surface area contributed by atoms with E-state index in [0.29, 0.717) is 0 Å². The average Bonchev–Trinajstić information content (AvgIpc) is 2.82. The Morgan fingerprint density at radius 3 is 2.16 bits per heavy atom. The Balaban J connectivity index is 1.69. The van der Waals surface area contributed by atoms with Gasteiger partial charge in [-0.25, -0.2) is 0 Å². The van der Waals surface area contributed by atoms with Crippen molar-refractivity contribution in [2.75, 3.05) is 53.5 Å². The fraction of sp³-hybridized carbons (Fsp3) is 0.480. The molecule has 0 unspecified atom stereocenters. The van der Waals surface area contributed by atoms with Crippen LogP contribution in [0.3, 0.4) is 0 Å². The third kappa shape index (κ3) is 5.57. The fourth-order valence-corrected chi connectivity index (χ4v) is 4.59. The van der Waals surface area contributed by atoms with Crippen LogP contribution in [-0.4, -0.2) is 64.3 Å². The number of benzene rings is 2. The molecule has 0 spiro atoms. The quantitative estimate of drug-likeness (QED) is 0.616. The van der Waals surface area contributed by atoms with E-state index >= 15 is 0 Å². The van der Waals surface area contributed by atoms with E-state index in [0.717, 1.165) is 62.9 Å². The maximum Gasteiger partial charge on any atom is 0.285 e. The first kappa shape index (κ1) is 23.1. The summed E-state index contributed by atoms with van der Waals surface area (Å²) in [7, 11) is 3.33. The van der Waals surface area contributed by atoms with Gasteiger partial charge in [-0.2, -0.15) is 0 Å². The van der Waals surface area contributed by atoms with Crippen molar-refractivity contribution in [3.05, 3.63) is 59.7 Å². The van der Waals surface area contributed by atoms with E-state index in [1.165, 1.54) is 15.4 Å². The lowest BCUT2D eigenvalue weighted by Crippen LogP contribution is -3.28. The minimum absolute atomic E-state index is 0.122. The van der Waals surface area contributed by atoms with Crippen LogP contribution >= 0.6 is 0 Å². The molecule has 1 aliphatic rings. The predicted octanol–water partition coefficient (Wildman–Crippen LogP) is 0.597. The molecule has 1 heterocycles. The molecule has 2 aromatic carbocycles. The zero-order chi connectivity index (χ0) is 22.2. The van der Waals surface area contributed by atoms with Gasteiger partial charge in [0.2, 0.25) is 0 Å². The number of carbonyl (C=O) groups is 1. The van der Waals surface area contributed by atoms with Crippen molar-refractivity contribution in [1.82, 2.24) is 4.90 Å². The average molecular weight is 428 g/mol. The number of methoxy groups -OCH3 is 2. The standard InChI is InChI=1S/C25H35N3O3/c1-5-27(6-2)25(29)24(21-10-8-7-9-11-21)28-16-14-26(15-17-28)19-20-12-13-22(30-3)23(18-20)31-4/h7-13,18,24H,5-6,14-17,19H2,1-4H3/p+2/t24-/m0/s1. The van der Waals surface area contributed by atoms with Gasteiger partial charge in [-0.15, -0.1) is 0 Å². The minimum Gasteiger partial charge on any atom is -0.493 e. The molecular weight excluding hydrogens is 390 g/mol. The molecule has 0 radical (unpaired) electrons. The van der Waals surface area contributed by atoms with Crippen LogP contribution in [0.4, 0.5) is 0 Å². The molecule has 3 rings (SSSR count). The van der Waals surface area contributed by atoms with E-state index in [4.69, 9.17) is 9.47 Å². The maximum atomic E-state index is 13.4. The zero-order valence-corrected chi connectivity index (χ0v) is 19.3. The van der Waals surface area contributed by atoms with Crippen LogP contribution in [0.15, 0.2) is 48.5 Å². The Bertz CT molecular complexity index is 831. The van der Waals surface area contributed by atoms with Crippen LogP contribution in [0.25, 0.3) is 0 Å². The van der Waals surface area contributed by atoms with E-state index < -0.39 is 0 Å². The highest BCUT2D eigenvalue weighted by molar-refractivity contribution is 5.82. The number of hydrogen-bond acceptors (Lipinski definition) is 3. The second kappa shape index (κ2) is 11.2. The Labute approximate surface area is 186 Å². The fourth-order valence-electron chi connectivity index (χ4n) is 4.59. The molecular formula is C25H37N3O3+2. The molecule has 1 atom stereocenters. The number of carbonyl (C=O) groups excluding carboxylic acids is 1. The largest absolute Gasteiger partial charge is 0.493 e. The summed E-state index contributed by atoms with van der Waals surface area (Å²) in [5.74, 6) is 1.78. The summed E-state index contributed by atoms with van der Waals surface area (Å²) >= 11 is 0. The zero-order valence-electron chi connectivity index (χ0n) is 19.3. The van der Waals surface area contributed by atoms with Crippen molar-refractivity contribution in [2.24, 2.45) is 0 Å². The second-order valence-corrected chi connectivity index (χ2v) is 8.13. The van der Waals surface area contributed by atoms with Gasteiger partial charge in [0, 0.05) is 24.2 Å². The molecule has 0 aliphatic carbocycles. The third-order valence-electron chi connectivity index (χ3n) is 6.36. The summed E-state index contributed by atoms with van der Waals surface area (Å²) in [6, 6.07) is 16.3. The van der Waals surface area contributed by atoms with Crippen molar-refractivity contribution in [3.63, 3.8) is 0 Å². The van der Waals surface area contributed by atoms with Gasteiger partial charge < -0.3 is 24.2 Å². The molecule has 1 aliphatic heterocycles. The van der Waals surface area contributed by atoms with Crippen LogP contribution in [0.5, 0.6) is 11.5 Å². The Morgan fingerprint density at radius 2 is 1.58 bits per heavy atom. The summed E-state index contributed by atoms with van der Waals surface area (Å²) < 4.78 is 10.8. The number of nitrogens with zero attached hydrogens (tertiary/aromatic N) is 1. The van der Waals surface area contributed by atoms with Gasteiger partial charge >= 0.3 is 0 Å². The number of rotatable bonds is 9. The number of amides is 1. The van der Waals surface area contributed by atoms with Gasteiger partial charge in [0.25, 0.3) is 5.91 Å². The minimum atomic E-state index is -0.122. The van der Waals surface area contributed by atoms with E-state index in [2.05, 4.69) is 38.1 Å². The number of likely N-dealkylation sites (N-methyl/N-ethyl adjacent to an activating group) is 1. The number of quaternary nitrogens is 2. The van der Waals surface area contributed by atoms with Gasteiger partial charge in [0.05, 0.1) is 14.2 Å². The molecule has 1 saturated heterocycles. The highest BCUT2D eigenvalue weighted by Crippen LogP contribution is 2.27. The predicted molar refractivity (Wildman–Crippen MR) is 122 cm³/mol. The van der Waals surface area contributed by atoms with Gasteiger partial charge in [-0.05, 0) is 32.0 Å². The highest BCUT2D eigenvalue weighted by Gasteiger charge is 2.37. The van der Waals surface area contributed by atoms with Crippen LogP contribution in [0, 0.1) is 0 Å². The van der Waals surface area contributed by atoms with Crippen LogP contribution in [-0.2, 0) is 11.3 Å². The summed E-state index contributed by atoms with van der Waals surface area (Å²) in [5, 5.41) is 0. The van der Waals surface area contributed by atoms with E-state index in [1.807, 2.05) is 29.2 Å². The van der Waals surface area contributed by atoms with Gasteiger partial charge in [0.15, 0.2) is 17.5 Å². The first-order valence-corrected chi connectivity index (χ1v) is 11.3. The van der Waals surface area contributed by atoms with Gasteiger partial charge in [0.1, 0.15) is 32.7 Å². The number of ether oxygens (including phenoxy) is 2. The molecule has 168 valence electrons. The van der Waals surface area contributed by atoms with Crippen molar-refractivity contribution in [1.29, 1.82) is 0 Å². The molecule has 31 heavy (non-hydrogen) atoms. The van der Waals surface area contributed by atoms with E-state index in [-0.39, 0.29) is 11.9 Å². The van der Waals surface area contributed by atoms with E-state index in [9.17, 15) is 4.79 Å². The molecule has 1 amide bonds. The molecule has 0 saturated carbocycles. The molecule has 2 N–H and O–H groups in total. The Morgan fingerprint density at radius 1 is 0.935 bits per heavy atom. The van der Waals surface area contributed by atoms with Crippen molar-refractivity contribution in [3.8, 4) is 11.5 Å². The third-order valence-corrected chi connectivity index (χ3v) is 6.36. The smallest absolute Gasteiger partial charge is 0.285 e. The van der Waals surface area contributed by atoms with Gasteiger partial charge in [-0.3, -0.25) is 4.79 Å². The SMILES string of the molecule is CCN(CC)C(=O)[C@H](c1ccccc1)[NH+]1CC[NH+](Cc2ccc(OC)c(OC)c2)CC1. The molecule has 1 fully saturated rings. The molecule has 2 aromatic rings. The molecule has 0 aromatic heterocycles. The summed E-state index contributed by atoms with van der Waals surface area (Å²) in [5.41, 5.74) is 2.37. The first-order valence-electron chi connectivity index (χ1n) is 11.3. The number of piperazine rings is 1. The van der Waals surface area contributed by atoms with Crippen molar-refractivity contribution < 1.29 is 24.1 Å². The Hall–Kier alpha value is -2.57. The maximum absolute atomic E-state index is 13.4. The lowest BCUT2D eigenvalue weighted by Gasteiger charge is -2.36. The summed E-state index contributed by atoms with van der Waals surface area (Å²) in [6.45, 7) is 10.6. The second-order valence-electron chi connectivity index (χ2n) is 8.13. The van der Waals surface area contributed by atoms with Gasteiger partial charge in [-0.1, -0.05) is 30.3 Å². The lowest BCUT2D eigenvalue weighted by atomic mass is 10.0. The summed E-state index contributed by atoms with van der Waals surface area (Å²) in [4.78, 5) is 18.3. The molecule has 6 nitrogen and oxygen atoms in total. The topological polar surface area (TPSA) is 47.7 Å². The Kier molecular flexibility index (Phi) is 8.32. The lowest BCUT2D eigenvalue weighted by molar-refractivity contribution is -1.03. The monoisotopic (exact) mass is 427 g/mol. The number of hydrogen-bond donors (Lipinski definition) is 2. The highest BCUT2D eigenvalue weighted by atomic mass is 16.5. The first-order chi connectivity index (χ1) is 15.1. The van der Waals surface area contributed by atoms with Crippen LogP contribution in [0.1, 0.15) is 31.0 Å². The van der Waals surface area contributed by atoms with Crippen LogP contribution < -0.4 is 19.3 Å². The van der Waals surface area contributed by atoms with E-state index in [1.54, 1.807) is 14.2 Å². The summed E-state index contributed by atoms with van der Waals surface area (Å²) in [6.07, 6.45) is 0. The van der Waals surface area contributed by atoms with Crippen LogP contribution in [0.2, 0.25) is 0 Å². The van der Waals surface area contributed by atoms with Crippen molar-refractivity contribution in [2.45, 2.75) is 26.4 Å². The van der Waals surface area contributed by atoms with Crippen molar-refractivity contribution >= 4 is 5.91 Å². The number of nitrogens with one attached hydrogen (secondary N) is 2.